The lowest BCUT2D eigenvalue weighted by Gasteiger charge is -2.28. The molecule has 1 aromatic rings. The van der Waals surface area contributed by atoms with Gasteiger partial charge in [-0.15, -0.1) is 0 Å². The number of aromatic nitrogens is 1. The van der Waals surface area contributed by atoms with Gasteiger partial charge in [-0.25, -0.2) is 9.37 Å². The lowest BCUT2D eigenvalue weighted by atomic mass is 9.96. The van der Waals surface area contributed by atoms with Crippen molar-refractivity contribution in [1.29, 1.82) is 0 Å². The van der Waals surface area contributed by atoms with Crippen LogP contribution in [0.1, 0.15) is 78.7 Å². The molecular weight excluding hydrogens is 461 g/mol. The second kappa shape index (κ2) is 16.0. The summed E-state index contributed by atoms with van der Waals surface area (Å²) < 4.78 is 20.3. The van der Waals surface area contributed by atoms with E-state index in [0.29, 0.717) is 17.7 Å². The molecule has 2 heterocycles. The Morgan fingerprint density at radius 1 is 1.14 bits per heavy atom. The van der Waals surface area contributed by atoms with Gasteiger partial charge in [-0.3, -0.25) is 4.90 Å². The molecule has 0 bridgehead atoms. The van der Waals surface area contributed by atoms with Crippen molar-refractivity contribution in [2.24, 2.45) is 0 Å². The van der Waals surface area contributed by atoms with Crippen LogP contribution >= 0.6 is 0 Å². The first-order valence-electron chi connectivity index (χ1n) is 13.7. The monoisotopic (exact) mass is 507 g/mol. The second-order valence-corrected chi connectivity index (χ2v) is 9.54. The average Bonchev–Trinajstić information content (AvgIpc) is 2.92. The zero-order valence-electron chi connectivity index (χ0n) is 23.6. The third-order valence-electron chi connectivity index (χ3n) is 6.86. The van der Waals surface area contributed by atoms with Crippen LogP contribution in [0, 0.1) is 0 Å². The molecule has 2 N–H and O–H groups in total. The number of piperidine rings is 1. The third-order valence-corrected chi connectivity index (χ3v) is 6.86. The molecule has 0 amide bonds. The number of nitrogens with two attached hydrogens (primary N) is 1. The molecule has 0 saturated carbocycles. The minimum absolute atomic E-state index is 0.124. The van der Waals surface area contributed by atoms with Gasteiger partial charge in [-0.2, -0.15) is 0 Å². The SMILES string of the molecule is C=C(\C=C/C(C)=C(CC)/C(=C\C)CN1CCCCC1)c1cnc(N)c(OC/C(CC)=C(F)/C=C\CC)c1. The molecule has 0 atom stereocenters. The fraction of sp³-hybridized carbons (Fsp3) is 0.469. The maximum atomic E-state index is 14.4. The maximum absolute atomic E-state index is 14.4. The molecule has 1 aliphatic rings. The first-order chi connectivity index (χ1) is 17.8. The second-order valence-electron chi connectivity index (χ2n) is 9.54. The highest BCUT2D eigenvalue weighted by molar-refractivity contribution is 5.74. The van der Waals surface area contributed by atoms with Crippen LogP contribution in [0.5, 0.6) is 5.75 Å². The molecule has 1 aliphatic heterocycles. The van der Waals surface area contributed by atoms with Gasteiger partial charge in [0.2, 0.25) is 0 Å². The molecule has 0 aromatic carbocycles. The summed E-state index contributed by atoms with van der Waals surface area (Å²) in [7, 11) is 0. The Morgan fingerprint density at radius 3 is 2.49 bits per heavy atom. The van der Waals surface area contributed by atoms with Crippen molar-refractivity contribution in [1.82, 2.24) is 9.88 Å². The average molecular weight is 508 g/mol. The minimum atomic E-state index is -0.255. The van der Waals surface area contributed by atoms with Gasteiger partial charge in [-0.1, -0.05) is 58.1 Å². The van der Waals surface area contributed by atoms with E-state index in [0.717, 1.165) is 30.5 Å². The number of hydrogen-bond acceptors (Lipinski definition) is 4. The number of pyridine rings is 1. The van der Waals surface area contributed by atoms with E-state index in [1.807, 2.05) is 26.0 Å². The van der Waals surface area contributed by atoms with Gasteiger partial charge in [0, 0.05) is 23.9 Å². The van der Waals surface area contributed by atoms with Gasteiger partial charge >= 0.3 is 0 Å². The van der Waals surface area contributed by atoms with Gasteiger partial charge in [0.05, 0.1) is 0 Å². The van der Waals surface area contributed by atoms with E-state index < -0.39 is 0 Å². The van der Waals surface area contributed by atoms with Crippen molar-refractivity contribution in [3.05, 3.63) is 82.9 Å². The molecule has 0 radical (unpaired) electrons. The molecule has 2 rings (SSSR count). The van der Waals surface area contributed by atoms with Gasteiger partial charge in [-0.05, 0) is 93.5 Å². The van der Waals surface area contributed by atoms with Crippen LogP contribution in [0.2, 0.25) is 0 Å². The predicted molar refractivity (Wildman–Crippen MR) is 157 cm³/mol. The van der Waals surface area contributed by atoms with E-state index in [4.69, 9.17) is 10.5 Å². The lowest BCUT2D eigenvalue weighted by Crippen LogP contribution is -2.31. The summed E-state index contributed by atoms with van der Waals surface area (Å²) in [6.45, 7) is 18.1. The van der Waals surface area contributed by atoms with Crippen molar-refractivity contribution in [3.8, 4) is 5.75 Å². The van der Waals surface area contributed by atoms with Crippen LogP contribution in [-0.4, -0.2) is 36.1 Å². The molecule has 202 valence electrons. The fourth-order valence-corrected chi connectivity index (χ4v) is 4.49. The number of ether oxygens (including phenoxy) is 1. The van der Waals surface area contributed by atoms with Crippen LogP contribution in [0.25, 0.3) is 5.57 Å². The van der Waals surface area contributed by atoms with E-state index in [1.165, 1.54) is 55.1 Å². The number of nitrogen functional groups attached to an aromatic ring is 1. The Balaban J connectivity index is 2.16. The summed E-state index contributed by atoms with van der Waals surface area (Å²) in [6, 6.07) is 1.83. The summed E-state index contributed by atoms with van der Waals surface area (Å²) in [5.41, 5.74) is 12.3. The Kier molecular flexibility index (Phi) is 13.1. The summed E-state index contributed by atoms with van der Waals surface area (Å²) in [5, 5.41) is 0. The largest absolute Gasteiger partial charge is 0.485 e. The zero-order valence-corrected chi connectivity index (χ0v) is 23.6. The van der Waals surface area contributed by atoms with E-state index in [2.05, 4.69) is 49.4 Å². The molecule has 0 spiro atoms. The van der Waals surface area contributed by atoms with E-state index in [-0.39, 0.29) is 18.3 Å². The van der Waals surface area contributed by atoms with Gasteiger partial charge < -0.3 is 10.5 Å². The summed E-state index contributed by atoms with van der Waals surface area (Å²) in [4.78, 5) is 6.86. The lowest BCUT2D eigenvalue weighted by molar-refractivity contribution is 0.247. The normalized spacial score (nSPS) is 16.8. The quantitative estimate of drug-likeness (QED) is 0.272. The Hall–Kier alpha value is -2.92. The van der Waals surface area contributed by atoms with Crippen molar-refractivity contribution >= 4 is 11.4 Å². The van der Waals surface area contributed by atoms with E-state index >= 15 is 0 Å². The highest BCUT2D eigenvalue weighted by Gasteiger charge is 2.14. The van der Waals surface area contributed by atoms with Crippen molar-refractivity contribution in [2.45, 2.75) is 73.1 Å². The number of allylic oxidation sites excluding steroid dienone is 8. The molecule has 4 nitrogen and oxygen atoms in total. The highest BCUT2D eigenvalue weighted by atomic mass is 19.1. The summed E-state index contributed by atoms with van der Waals surface area (Å²) in [5.74, 6) is 0.457. The molecule has 37 heavy (non-hydrogen) atoms. The first-order valence-corrected chi connectivity index (χ1v) is 13.7. The molecule has 0 aliphatic carbocycles. The summed E-state index contributed by atoms with van der Waals surface area (Å²) >= 11 is 0. The molecule has 1 saturated heterocycles. The number of nitrogens with zero attached hydrogens (tertiary/aromatic N) is 2. The fourth-order valence-electron chi connectivity index (χ4n) is 4.49. The van der Waals surface area contributed by atoms with E-state index in [1.54, 1.807) is 12.3 Å². The van der Waals surface area contributed by atoms with Crippen LogP contribution < -0.4 is 10.5 Å². The van der Waals surface area contributed by atoms with Crippen LogP contribution in [0.3, 0.4) is 0 Å². The van der Waals surface area contributed by atoms with Crippen LogP contribution in [-0.2, 0) is 0 Å². The molecule has 1 fully saturated rings. The predicted octanol–water partition coefficient (Wildman–Crippen LogP) is 8.37. The van der Waals surface area contributed by atoms with E-state index in [9.17, 15) is 4.39 Å². The Bertz CT molecular complexity index is 1060. The third kappa shape index (κ3) is 9.47. The topological polar surface area (TPSA) is 51.4 Å². The van der Waals surface area contributed by atoms with Gasteiger partial charge in [0.1, 0.15) is 12.4 Å². The van der Waals surface area contributed by atoms with Gasteiger partial charge in [0.15, 0.2) is 11.6 Å². The van der Waals surface area contributed by atoms with Crippen molar-refractivity contribution in [3.63, 3.8) is 0 Å². The number of rotatable bonds is 13. The Morgan fingerprint density at radius 2 is 1.86 bits per heavy atom. The first kappa shape index (κ1) is 30.3. The molecule has 5 heteroatoms. The molecular formula is C32H46FN3O. The standard InChI is InChI=1S/C32H46FN3O/c1-7-11-15-30(33)27(9-3)23-37-31-20-28(21-35-32(31)34)24(5)16-17-25(6)29(10-4)26(8-2)22-36-18-13-12-14-19-36/h8,11,15-17,20-21H,5,7,9-10,12-14,18-19,22-23H2,1-4,6H3,(H2,34,35)/b15-11-,17-16-,26-8-,29-25+,30-27-. The Labute approximate surface area is 224 Å². The van der Waals surface area contributed by atoms with Crippen LogP contribution in [0.4, 0.5) is 10.2 Å². The number of hydrogen-bond donors (Lipinski definition) is 1. The highest BCUT2D eigenvalue weighted by Crippen LogP contribution is 2.27. The summed E-state index contributed by atoms with van der Waals surface area (Å²) in [6.07, 6.45) is 17.6. The molecule has 1 aromatic heterocycles. The van der Waals surface area contributed by atoms with Gasteiger partial charge in [0.25, 0.3) is 0 Å². The smallest absolute Gasteiger partial charge is 0.166 e. The van der Waals surface area contributed by atoms with Crippen molar-refractivity contribution in [2.75, 3.05) is 32.0 Å². The van der Waals surface area contributed by atoms with Crippen molar-refractivity contribution < 1.29 is 9.13 Å². The molecule has 0 unspecified atom stereocenters. The van der Waals surface area contributed by atoms with Crippen LogP contribution in [0.15, 0.2) is 77.3 Å². The maximum Gasteiger partial charge on any atom is 0.166 e. The minimum Gasteiger partial charge on any atom is -0.485 e. The number of anilines is 1. The zero-order chi connectivity index (χ0) is 27.2. The number of likely N-dealkylation sites (tertiary alicyclic amines) is 1. The number of halogens is 1.